The molecule has 2 aromatic rings. The van der Waals surface area contributed by atoms with Crippen molar-refractivity contribution in [3.63, 3.8) is 0 Å². The number of hydrogen-bond donors (Lipinski definition) is 0. The number of methoxy groups -OCH3 is 1. The van der Waals surface area contributed by atoms with Gasteiger partial charge in [-0.05, 0) is 35.4 Å². The zero-order valence-corrected chi connectivity index (χ0v) is 11.7. The number of rotatable bonds is 3. The molecule has 0 aliphatic carbocycles. The normalized spacial score (nSPS) is 12.2. The van der Waals surface area contributed by atoms with E-state index in [1.165, 1.54) is 0 Å². The molecule has 0 N–H and O–H groups in total. The first-order valence-corrected chi connectivity index (χ1v) is 6.47. The minimum atomic E-state index is -0.131. The maximum absolute atomic E-state index is 6.42. The molecule has 0 aromatic heterocycles. The van der Waals surface area contributed by atoms with Crippen LogP contribution in [0, 0.1) is 0 Å². The van der Waals surface area contributed by atoms with Gasteiger partial charge in [0, 0.05) is 4.47 Å². The number of hydrogen-bond acceptors (Lipinski definition) is 1. The van der Waals surface area contributed by atoms with Crippen LogP contribution in [0.4, 0.5) is 0 Å². The van der Waals surface area contributed by atoms with Crippen LogP contribution in [0.3, 0.4) is 0 Å². The van der Waals surface area contributed by atoms with Crippen molar-refractivity contribution < 1.29 is 4.74 Å². The molecule has 0 radical (unpaired) electrons. The van der Waals surface area contributed by atoms with E-state index in [1.807, 2.05) is 48.5 Å². The van der Waals surface area contributed by atoms with Gasteiger partial charge in [-0.3, -0.25) is 0 Å². The summed E-state index contributed by atoms with van der Waals surface area (Å²) in [7, 11) is 1.65. The van der Waals surface area contributed by atoms with E-state index in [0.717, 1.165) is 21.3 Å². The summed E-state index contributed by atoms with van der Waals surface area (Å²) in [5.74, 6) is 0.841. The SMILES string of the molecule is COc1ccc(C(Cl)c2ccc(Br)cc2)cc1. The second-order valence-electron chi connectivity index (χ2n) is 3.69. The van der Waals surface area contributed by atoms with Crippen molar-refractivity contribution in [1.82, 2.24) is 0 Å². The Morgan fingerprint density at radius 1 is 0.941 bits per heavy atom. The molecule has 88 valence electrons. The van der Waals surface area contributed by atoms with Gasteiger partial charge in [0.2, 0.25) is 0 Å². The highest BCUT2D eigenvalue weighted by atomic mass is 79.9. The predicted molar refractivity (Wildman–Crippen MR) is 74.8 cm³/mol. The molecule has 1 nitrogen and oxygen atoms in total. The summed E-state index contributed by atoms with van der Waals surface area (Å²) in [6, 6.07) is 15.8. The van der Waals surface area contributed by atoms with Gasteiger partial charge in [-0.1, -0.05) is 40.2 Å². The monoisotopic (exact) mass is 310 g/mol. The lowest BCUT2D eigenvalue weighted by molar-refractivity contribution is 0.414. The van der Waals surface area contributed by atoms with Crippen LogP contribution >= 0.6 is 27.5 Å². The highest BCUT2D eigenvalue weighted by molar-refractivity contribution is 9.10. The van der Waals surface area contributed by atoms with Crippen molar-refractivity contribution in [3.8, 4) is 5.75 Å². The summed E-state index contributed by atoms with van der Waals surface area (Å²) in [6.07, 6.45) is 0. The van der Waals surface area contributed by atoms with Gasteiger partial charge in [0.15, 0.2) is 0 Å². The minimum Gasteiger partial charge on any atom is -0.497 e. The first-order chi connectivity index (χ1) is 8.20. The van der Waals surface area contributed by atoms with Crippen LogP contribution in [-0.4, -0.2) is 7.11 Å². The Hall–Kier alpha value is -0.990. The quantitative estimate of drug-likeness (QED) is 0.741. The Labute approximate surface area is 115 Å². The Bertz CT molecular complexity index is 479. The summed E-state index contributed by atoms with van der Waals surface area (Å²) in [6.45, 7) is 0. The first-order valence-electron chi connectivity index (χ1n) is 5.24. The van der Waals surface area contributed by atoms with Crippen LogP contribution in [-0.2, 0) is 0 Å². The number of halogens is 2. The lowest BCUT2D eigenvalue weighted by atomic mass is 10.0. The molecule has 17 heavy (non-hydrogen) atoms. The number of alkyl halides is 1. The zero-order valence-electron chi connectivity index (χ0n) is 9.36. The van der Waals surface area contributed by atoms with Crippen LogP contribution in [0.25, 0.3) is 0 Å². The van der Waals surface area contributed by atoms with Gasteiger partial charge in [0.25, 0.3) is 0 Å². The third-order valence-electron chi connectivity index (χ3n) is 2.57. The van der Waals surface area contributed by atoms with Gasteiger partial charge in [-0.15, -0.1) is 11.6 Å². The van der Waals surface area contributed by atoms with Crippen LogP contribution < -0.4 is 4.74 Å². The van der Waals surface area contributed by atoms with E-state index in [0.29, 0.717) is 0 Å². The van der Waals surface area contributed by atoms with E-state index in [-0.39, 0.29) is 5.38 Å². The molecule has 0 spiro atoms. The average molecular weight is 312 g/mol. The second-order valence-corrected chi connectivity index (χ2v) is 5.04. The van der Waals surface area contributed by atoms with E-state index in [4.69, 9.17) is 16.3 Å². The first kappa shape index (κ1) is 12.5. The van der Waals surface area contributed by atoms with Crippen molar-refractivity contribution in [2.45, 2.75) is 5.38 Å². The molecule has 1 atom stereocenters. The van der Waals surface area contributed by atoms with Crippen molar-refractivity contribution in [1.29, 1.82) is 0 Å². The fraction of sp³-hybridized carbons (Fsp3) is 0.143. The fourth-order valence-corrected chi connectivity index (χ4v) is 2.15. The van der Waals surface area contributed by atoms with Crippen molar-refractivity contribution in [3.05, 3.63) is 64.1 Å². The second kappa shape index (κ2) is 5.56. The molecule has 0 amide bonds. The van der Waals surface area contributed by atoms with Gasteiger partial charge >= 0.3 is 0 Å². The molecule has 0 bridgehead atoms. The lowest BCUT2D eigenvalue weighted by Crippen LogP contribution is -1.93. The molecular formula is C14H12BrClO. The standard InChI is InChI=1S/C14H12BrClO/c1-17-13-8-4-11(5-9-13)14(16)10-2-6-12(15)7-3-10/h2-9,14H,1H3. The Balaban J connectivity index is 2.23. The van der Waals surface area contributed by atoms with Gasteiger partial charge in [0.05, 0.1) is 12.5 Å². The Kier molecular flexibility index (Phi) is 4.08. The van der Waals surface area contributed by atoms with Crippen molar-refractivity contribution >= 4 is 27.5 Å². The molecule has 2 aromatic carbocycles. The number of ether oxygens (including phenoxy) is 1. The van der Waals surface area contributed by atoms with Crippen molar-refractivity contribution in [2.75, 3.05) is 7.11 Å². The highest BCUT2D eigenvalue weighted by Crippen LogP contribution is 2.30. The highest BCUT2D eigenvalue weighted by Gasteiger charge is 2.10. The molecule has 1 unspecified atom stereocenters. The van der Waals surface area contributed by atoms with E-state index >= 15 is 0 Å². The van der Waals surface area contributed by atoms with E-state index < -0.39 is 0 Å². The largest absolute Gasteiger partial charge is 0.497 e. The van der Waals surface area contributed by atoms with Crippen LogP contribution in [0.1, 0.15) is 16.5 Å². The number of benzene rings is 2. The molecule has 3 heteroatoms. The van der Waals surface area contributed by atoms with Crippen molar-refractivity contribution in [2.24, 2.45) is 0 Å². The van der Waals surface area contributed by atoms with Gasteiger partial charge in [-0.25, -0.2) is 0 Å². The summed E-state index contributed by atoms with van der Waals surface area (Å²) in [4.78, 5) is 0. The molecule has 2 rings (SSSR count). The summed E-state index contributed by atoms with van der Waals surface area (Å²) in [5.41, 5.74) is 2.15. The third kappa shape index (κ3) is 3.02. The predicted octanol–water partition coefficient (Wildman–Crippen LogP) is 4.79. The van der Waals surface area contributed by atoms with E-state index in [1.54, 1.807) is 7.11 Å². The molecule has 0 fully saturated rings. The van der Waals surface area contributed by atoms with Gasteiger partial charge < -0.3 is 4.74 Å². The molecular weight excluding hydrogens is 300 g/mol. The third-order valence-corrected chi connectivity index (χ3v) is 3.60. The van der Waals surface area contributed by atoms with Crippen LogP contribution in [0.5, 0.6) is 5.75 Å². The summed E-state index contributed by atoms with van der Waals surface area (Å²) < 4.78 is 6.18. The van der Waals surface area contributed by atoms with E-state index in [2.05, 4.69) is 15.9 Å². The molecule has 0 aliphatic rings. The molecule has 0 heterocycles. The summed E-state index contributed by atoms with van der Waals surface area (Å²) >= 11 is 9.83. The Morgan fingerprint density at radius 3 is 1.88 bits per heavy atom. The molecule has 0 saturated carbocycles. The maximum atomic E-state index is 6.42. The van der Waals surface area contributed by atoms with Crippen LogP contribution in [0.2, 0.25) is 0 Å². The molecule has 0 aliphatic heterocycles. The minimum absolute atomic E-state index is 0.131. The van der Waals surface area contributed by atoms with Gasteiger partial charge in [0.1, 0.15) is 5.75 Å². The fourth-order valence-electron chi connectivity index (χ4n) is 1.60. The van der Waals surface area contributed by atoms with E-state index in [9.17, 15) is 0 Å². The molecule has 0 saturated heterocycles. The zero-order chi connectivity index (χ0) is 12.3. The lowest BCUT2D eigenvalue weighted by Gasteiger charge is -2.11. The Morgan fingerprint density at radius 2 is 1.41 bits per heavy atom. The maximum Gasteiger partial charge on any atom is 0.118 e. The summed E-state index contributed by atoms with van der Waals surface area (Å²) in [5, 5.41) is -0.131. The topological polar surface area (TPSA) is 9.23 Å². The van der Waals surface area contributed by atoms with Gasteiger partial charge in [-0.2, -0.15) is 0 Å². The average Bonchev–Trinajstić information content (AvgIpc) is 2.39. The smallest absolute Gasteiger partial charge is 0.118 e. The van der Waals surface area contributed by atoms with Crippen LogP contribution in [0.15, 0.2) is 53.0 Å².